The van der Waals surface area contributed by atoms with E-state index in [-0.39, 0.29) is 11.7 Å². The maximum absolute atomic E-state index is 13.3. The Bertz CT molecular complexity index is 1340. The molecule has 10 heteroatoms. The molecule has 4 heterocycles. The van der Waals surface area contributed by atoms with Gasteiger partial charge in [-0.05, 0) is 25.5 Å². The summed E-state index contributed by atoms with van der Waals surface area (Å²) in [6, 6.07) is 8.15. The van der Waals surface area contributed by atoms with Crippen LogP contribution < -0.4 is 4.90 Å². The number of rotatable bonds is 4. The van der Waals surface area contributed by atoms with Gasteiger partial charge in [0.25, 0.3) is 0 Å². The summed E-state index contributed by atoms with van der Waals surface area (Å²) in [6.07, 6.45) is -0.516. The van der Waals surface area contributed by atoms with Crippen molar-refractivity contribution in [3.05, 3.63) is 65.5 Å². The molecule has 1 aliphatic rings. The van der Waals surface area contributed by atoms with Gasteiger partial charge in [-0.1, -0.05) is 18.2 Å². The molecule has 4 aromatic rings. The lowest BCUT2D eigenvalue weighted by molar-refractivity contribution is -0.137. The number of halogens is 3. The molecule has 5 rings (SSSR count). The van der Waals surface area contributed by atoms with Crippen molar-refractivity contribution >= 4 is 22.6 Å². The third-order valence-electron chi connectivity index (χ3n) is 5.81. The number of fused-ring (bicyclic) bond motifs is 1. The molecule has 7 nitrogen and oxygen atoms in total. The van der Waals surface area contributed by atoms with Gasteiger partial charge in [-0.15, -0.1) is 0 Å². The Morgan fingerprint density at radius 2 is 2.06 bits per heavy atom. The van der Waals surface area contributed by atoms with E-state index >= 15 is 0 Å². The minimum atomic E-state index is -4.62. The van der Waals surface area contributed by atoms with Crippen LogP contribution in [0.5, 0.6) is 0 Å². The number of nitrogens with zero attached hydrogens (tertiary/aromatic N) is 3. The summed E-state index contributed by atoms with van der Waals surface area (Å²) in [6.45, 7) is 4.31. The molecule has 0 amide bonds. The Labute approximate surface area is 193 Å². The molecule has 0 saturated carbocycles. The summed E-state index contributed by atoms with van der Waals surface area (Å²) in [4.78, 5) is 30.2. The van der Waals surface area contributed by atoms with Crippen LogP contribution in [0.3, 0.4) is 0 Å². The van der Waals surface area contributed by atoms with Crippen molar-refractivity contribution in [2.45, 2.75) is 25.6 Å². The average molecular weight is 469 g/mol. The zero-order valence-electron chi connectivity index (χ0n) is 18.3. The highest BCUT2D eigenvalue weighted by Crippen LogP contribution is 2.33. The van der Waals surface area contributed by atoms with Crippen LogP contribution in [0.15, 0.2) is 48.8 Å². The first-order valence-corrected chi connectivity index (χ1v) is 10.9. The summed E-state index contributed by atoms with van der Waals surface area (Å²) in [5.74, 6) is 0.548. The predicted molar refractivity (Wildman–Crippen MR) is 121 cm³/mol. The Morgan fingerprint density at radius 1 is 1.24 bits per heavy atom. The Hall–Kier alpha value is -3.66. The van der Waals surface area contributed by atoms with Gasteiger partial charge in [0.05, 0.1) is 34.6 Å². The average Bonchev–Trinajstić information content (AvgIpc) is 3.41. The zero-order valence-corrected chi connectivity index (χ0v) is 18.3. The molecule has 2 N–H and O–H groups in total. The Balaban J connectivity index is 1.43. The smallest absolute Gasteiger partial charge is 0.377 e. The van der Waals surface area contributed by atoms with Crippen LogP contribution in [-0.4, -0.2) is 51.5 Å². The summed E-state index contributed by atoms with van der Waals surface area (Å²) < 4.78 is 45.7. The number of ketones is 1. The van der Waals surface area contributed by atoms with E-state index in [9.17, 15) is 18.0 Å². The number of hydrogen-bond acceptors (Lipinski definition) is 5. The normalized spacial score (nSPS) is 17.2. The second-order valence-corrected chi connectivity index (χ2v) is 8.30. The van der Waals surface area contributed by atoms with Crippen LogP contribution in [0.25, 0.3) is 22.6 Å². The van der Waals surface area contributed by atoms with E-state index in [2.05, 4.69) is 24.8 Å². The minimum absolute atomic E-state index is 0.104. The van der Waals surface area contributed by atoms with E-state index in [1.54, 1.807) is 6.20 Å². The van der Waals surface area contributed by atoms with Crippen LogP contribution in [-0.2, 0) is 10.9 Å². The van der Waals surface area contributed by atoms with Gasteiger partial charge in [-0.3, -0.25) is 4.79 Å². The van der Waals surface area contributed by atoms with E-state index in [1.165, 1.54) is 30.5 Å². The summed E-state index contributed by atoms with van der Waals surface area (Å²) >= 11 is 0. The maximum Gasteiger partial charge on any atom is 0.417 e. The van der Waals surface area contributed by atoms with Gasteiger partial charge >= 0.3 is 6.18 Å². The molecular weight excluding hydrogens is 447 g/mol. The fourth-order valence-corrected chi connectivity index (χ4v) is 4.15. The first-order chi connectivity index (χ1) is 16.3. The van der Waals surface area contributed by atoms with Gasteiger partial charge < -0.3 is 19.6 Å². The maximum atomic E-state index is 13.3. The molecule has 1 aromatic carbocycles. The number of aromatic nitrogens is 4. The van der Waals surface area contributed by atoms with Crippen molar-refractivity contribution in [3.8, 4) is 11.5 Å². The molecule has 1 fully saturated rings. The molecule has 1 atom stereocenters. The Morgan fingerprint density at radius 3 is 2.88 bits per heavy atom. The van der Waals surface area contributed by atoms with E-state index in [0.717, 1.165) is 31.4 Å². The van der Waals surface area contributed by atoms with Gasteiger partial charge in [0.2, 0.25) is 0 Å². The molecule has 0 bridgehead atoms. The molecule has 34 heavy (non-hydrogen) atoms. The number of pyridine rings is 1. The van der Waals surface area contributed by atoms with Crippen molar-refractivity contribution in [3.63, 3.8) is 0 Å². The number of hydrogen-bond donors (Lipinski definition) is 2. The number of carbonyl (C=O) groups excluding carboxylic acids is 1. The van der Waals surface area contributed by atoms with Crippen molar-refractivity contribution in [1.82, 2.24) is 19.9 Å². The second kappa shape index (κ2) is 8.60. The molecule has 0 aliphatic carbocycles. The van der Waals surface area contributed by atoms with Crippen LogP contribution >= 0.6 is 0 Å². The molecule has 1 unspecified atom stereocenters. The zero-order chi connectivity index (χ0) is 23.9. The highest BCUT2D eigenvalue weighted by Gasteiger charge is 2.35. The monoisotopic (exact) mass is 469 g/mol. The van der Waals surface area contributed by atoms with Gasteiger partial charge in [-0.2, -0.15) is 13.2 Å². The standard InChI is InChI=1S/C24H22F3N5O2/c1-14-13-32(7-4-8-34-14)21-10-18-20(12-29-21)31-23(30-18)19-9-15(11-28-19)22(33)16-5-2-3-6-17(16)24(25,26)27/h2-3,5-6,9-12,14,28H,4,7-8,13H2,1H3,(H,30,31). The Kier molecular flexibility index (Phi) is 5.60. The number of benzene rings is 1. The van der Waals surface area contributed by atoms with Crippen molar-refractivity contribution in [1.29, 1.82) is 0 Å². The highest BCUT2D eigenvalue weighted by atomic mass is 19.4. The van der Waals surface area contributed by atoms with Crippen molar-refractivity contribution < 1.29 is 22.7 Å². The van der Waals surface area contributed by atoms with E-state index in [4.69, 9.17) is 4.74 Å². The number of anilines is 1. The van der Waals surface area contributed by atoms with Crippen LogP contribution in [0.4, 0.5) is 19.0 Å². The van der Waals surface area contributed by atoms with Crippen LogP contribution in [0, 0.1) is 0 Å². The first-order valence-electron chi connectivity index (χ1n) is 10.9. The number of H-pyrrole nitrogens is 2. The lowest BCUT2D eigenvalue weighted by Gasteiger charge is -2.22. The predicted octanol–water partition coefficient (Wildman–Crippen LogP) is 4.82. The third kappa shape index (κ3) is 4.28. The molecule has 0 radical (unpaired) electrons. The largest absolute Gasteiger partial charge is 0.417 e. The number of imidazole rings is 1. The number of aromatic amines is 2. The first kappa shape index (κ1) is 22.1. The molecule has 0 spiro atoms. The second-order valence-electron chi connectivity index (χ2n) is 8.30. The topological polar surface area (TPSA) is 86.9 Å². The van der Waals surface area contributed by atoms with Crippen molar-refractivity contribution in [2.75, 3.05) is 24.6 Å². The molecule has 176 valence electrons. The third-order valence-corrected chi connectivity index (χ3v) is 5.81. The van der Waals surface area contributed by atoms with E-state index in [1.807, 2.05) is 13.0 Å². The lowest BCUT2D eigenvalue weighted by atomic mass is 9.99. The van der Waals surface area contributed by atoms with Crippen LogP contribution in [0.2, 0.25) is 0 Å². The SMILES string of the molecule is CC1CN(c2cc3nc(-c4cc(C(=O)c5ccccc5C(F)(F)F)c[nH]4)[nH]c3cn2)CCCO1. The fourth-order valence-electron chi connectivity index (χ4n) is 4.15. The van der Waals surface area contributed by atoms with Gasteiger partial charge in [0, 0.05) is 43.1 Å². The lowest BCUT2D eigenvalue weighted by Crippen LogP contribution is -2.30. The van der Waals surface area contributed by atoms with Gasteiger partial charge in [0.1, 0.15) is 5.82 Å². The molecule has 3 aromatic heterocycles. The van der Waals surface area contributed by atoms with E-state index in [0.29, 0.717) is 29.2 Å². The minimum Gasteiger partial charge on any atom is -0.377 e. The highest BCUT2D eigenvalue weighted by molar-refractivity contribution is 6.10. The van der Waals surface area contributed by atoms with Gasteiger partial charge in [-0.25, -0.2) is 9.97 Å². The van der Waals surface area contributed by atoms with Crippen molar-refractivity contribution in [2.24, 2.45) is 0 Å². The van der Waals surface area contributed by atoms with Crippen LogP contribution in [0.1, 0.15) is 34.8 Å². The summed E-state index contributed by atoms with van der Waals surface area (Å²) in [5.41, 5.74) is 0.658. The molecule has 1 saturated heterocycles. The molecule has 1 aliphatic heterocycles. The molecular formula is C24H22F3N5O2. The van der Waals surface area contributed by atoms with E-state index < -0.39 is 23.1 Å². The number of nitrogens with one attached hydrogen (secondary N) is 2. The fraction of sp³-hybridized carbons (Fsp3) is 0.292. The number of carbonyl (C=O) groups is 1. The van der Waals surface area contributed by atoms with Gasteiger partial charge in [0.15, 0.2) is 11.6 Å². The number of ether oxygens (including phenoxy) is 1. The quantitative estimate of drug-likeness (QED) is 0.419. The summed E-state index contributed by atoms with van der Waals surface area (Å²) in [7, 11) is 0. The summed E-state index contributed by atoms with van der Waals surface area (Å²) in [5, 5.41) is 0. The number of alkyl halides is 3.